The van der Waals surface area contributed by atoms with E-state index in [4.69, 9.17) is 5.73 Å². The number of nitrogens with two attached hydrogens (primary N) is 1. The Morgan fingerprint density at radius 3 is 2.71 bits per heavy atom. The summed E-state index contributed by atoms with van der Waals surface area (Å²) in [6.45, 7) is 6.04. The van der Waals surface area contributed by atoms with Gasteiger partial charge in [-0.05, 0) is 30.9 Å². The molecule has 0 fully saturated rings. The zero-order chi connectivity index (χ0) is 12.6. The number of para-hydroxylation sites is 1. The minimum Gasteiger partial charge on any atom is -0.320 e. The molecule has 1 aromatic carbocycles. The van der Waals surface area contributed by atoms with Crippen LogP contribution in [0.15, 0.2) is 24.3 Å². The van der Waals surface area contributed by atoms with Crippen molar-refractivity contribution in [2.75, 3.05) is 4.90 Å². The number of fused-ring (bicyclic) bond motifs is 1. The number of carbonyl (C=O) groups excluding carboxylic acids is 1. The molecule has 0 radical (unpaired) electrons. The first-order valence-electron chi connectivity index (χ1n) is 6.19. The second-order valence-corrected chi connectivity index (χ2v) is 5.16. The zero-order valence-corrected chi connectivity index (χ0v) is 10.7. The molecule has 92 valence electrons. The van der Waals surface area contributed by atoms with E-state index < -0.39 is 6.04 Å². The fourth-order valence-electron chi connectivity index (χ4n) is 2.35. The molecule has 1 amide bonds. The number of anilines is 1. The maximum Gasteiger partial charge on any atom is 0.244 e. The highest BCUT2D eigenvalue weighted by molar-refractivity contribution is 5.99. The predicted molar refractivity (Wildman–Crippen MR) is 69.9 cm³/mol. The summed E-state index contributed by atoms with van der Waals surface area (Å²) < 4.78 is 0. The van der Waals surface area contributed by atoms with Gasteiger partial charge in [0.05, 0.1) is 6.04 Å². The average Bonchev–Trinajstić information content (AvgIpc) is 2.62. The van der Waals surface area contributed by atoms with Crippen LogP contribution < -0.4 is 10.6 Å². The van der Waals surface area contributed by atoms with Gasteiger partial charge in [0.25, 0.3) is 0 Å². The molecule has 1 aliphatic rings. The maximum atomic E-state index is 12.4. The smallest absolute Gasteiger partial charge is 0.244 e. The van der Waals surface area contributed by atoms with Crippen molar-refractivity contribution in [1.29, 1.82) is 0 Å². The van der Waals surface area contributed by atoms with Crippen LogP contribution in [0.4, 0.5) is 5.69 Å². The topological polar surface area (TPSA) is 46.3 Å². The molecule has 1 heterocycles. The van der Waals surface area contributed by atoms with Crippen LogP contribution in [0.3, 0.4) is 0 Å². The third kappa shape index (κ3) is 2.07. The molecule has 2 N–H and O–H groups in total. The lowest BCUT2D eigenvalue weighted by atomic mass is 10.0. The van der Waals surface area contributed by atoms with Crippen molar-refractivity contribution in [3.63, 3.8) is 0 Å². The second kappa shape index (κ2) is 4.49. The van der Waals surface area contributed by atoms with Gasteiger partial charge in [0.15, 0.2) is 0 Å². The monoisotopic (exact) mass is 232 g/mol. The lowest BCUT2D eigenvalue weighted by Gasteiger charge is -2.27. The van der Waals surface area contributed by atoms with Crippen LogP contribution in [0.25, 0.3) is 0 Å². The summed E-state index contributed by atoms with van der Waals surface area (Å²) in [5.74, 6) is 0.208. The van der Waals surface area contributed by atoms with E-state index in [0.717, 1.165) is 12.1 Å². The summed E-state index contributed by atoms with van der Waals surface area (Å²) in [4.78, 5) is 14.2. The van der Waals surface area contributed by atoms with Gasteiger partial charge in [0.2, 0.25) is 5.91 Å². The highest BCUT2D eigenvalue weighted by Crippen LogP contribution is 2.32. The third-order valence-electron chi connectivity index (χ3n) is 3.45. The summed E-state index contributed by atoms with van der Waals surface area (Å²) in [7, 11) is 0. The Morgan fingerprint density at radius 1 is 1.41 bits per heavy atom. The van der Waals surface area contributed by atoms with Crippen LogP contribution >= 0.6 is 0 Å². The molecule has 1 aliphatic heterocycles. The second-order valence-electron chi connectivity index (χ2n) is 5.16. The molecule has 0 saturated carbocycles. The van der Waals surface area contributed by atoms with Gasteiger partial charge in [0, 0.05) is 11.7 Å². The SMILES string of the molecule is CC(C)[C@H](N)C(=O)N1c2ccccc2CC1C. The minimum atomic E-state index is -0.413. The molecule has 0 aliphatic carbocycles. The summed E-state index contributed by atoms with van der Waals surface area (Å²) >= 11 is 0. The zero-order valence-electron chi connectivity index (χ0n) is 10.7. The summed E-state index contributed by atoms with van der Waals surface area (Å²) in [6, 6.07) is 7.87. The molecule has 0 bridgehead atoms. The standard InChI is InChI=1S/C14H20N2O/c1-9(2)13(15)14(17)16-10(3)8-11-6-4-5-7-12(11)16/h4-7,9-10,13H,8,15H2,1-3H3/t10?,13-/m0/s1. The third-order valence-corrected chi connectivity index (χ3v) is 3.45. The van der Waals surface area contributed by atoms with Crippen LogP contribution in [-0.2, 0) is 11.2 Å². The van der Waals surface area contributed by atoms with Crippen molar-refractivity contribution < 1.29 is 4.79 Å². The van der Waals surface area contributed by atoms with E-state index in [-0.39, 0.29) is 17.9 Å². The normalized spacial score (nSPS) is 20.5. The highest BCUT2D eigenvalue weighted by Gasteiger charge is 2.33. The number of nitrogens with zero attached hydrogens (tertiary/aromatic N) is 1. The molecule has 1 aromatic rings. The molecule has 0 spiro atoms. The molecular formula is C14H20N2O. The number of rotatable bonds is 2. The number of carbonyl (C=O) groups is 1. The van der Waals surface area contributed by atoms with Gasteiger partial charge >= 0.3 is 0 Å². The van der Waals surface area contributed by atoms with Crippen LogP contribution in [0.5, 0.6) is 0 Å². The van der Waals surface area contributed by atoms with E-state index in [2.05, 4.69) is 13.0 Å². The maximum absolute atomic E-state index is 12.4. The number of hydrogen-bond donors (Lipinski definition) is 1. The van der Waals surface area contributed by atoms with Crippen molar-refractivity contribution in [1.82, 2.24) is 0 Å². The minimum absolute atomic E-state index is 0.0393. The molecular weight excluding hydrogens is 212 g/mol. The van der Waals surface area contributed by atoms with E-state index in [1.54, 1.807) is 0 Å². The largest absolute Gasteiger partial charge is 0.320 e. The molecule has 3 nitrogen and oxygen atoms in total. The van der Waals surface area contributed by atoms with Gasteiger partial charge in [-0.15, -0.1) is 0 Å². The van der Waals surface area contributed by atoms with Gasteiger partial charge < -0.3 is 10.6 Å². The first-order valence-corrected chi connectivity index (χ1v) is 6.19. The van der Waals surface area contributed by atoms with Crippen LogP contribution in [0.2, 0.25) is 0 Å². The summed E-state index contributed by atoms with van der Waals surface area (Å²) in [5.41, 5.74) is 8.24. The number of benzene rings is 1. The van der Waals surface area contributed by atoms with Crippen molar-refractivity contribution >= 4 is 11.6 Å². The number of amides is 1. The van der Waals surface area contributed by atoms with Crippen molar-refractivity contribution in [3.05, 3.63) is 29.8 Å². The first kappa shape index (κ1) is 12.1. The summed E-state index contributed by atoms with van der Waals surface area (Å²) in [6.07, 6.45) is 0.923. The van der Waals surface area contributed by atoms with Crippen LogP contribution in [-0.4, -0.2) is 18.0 Å². The average molecular weight is 232 g/mol. The Bertz CT molecular complexity index is 428. The quantitative estimate of drug-likeness (QED) is 0.847. The molecule has 3 heteroatoms. The van der Waals surface area contributed by atoms with Crippen LogP contribution in [0.1, 0.15) is 26.3 Å². The van der Waals surface area contributed by atoms with E-state index >= 15 is 0 Å². The highest BCUT2D eigenvalue weighted by atomic mass is 16.2. The van der Waals surface area contributed by atoms with E-state index in [0.29, 0.717) is 0 Å². The van der Waals surface area contributed by atoms with Gasteiger partial charge in [-0.25, -0.2) is 0 Å². The van der Waals surface area contributed by atoms with E-state index in [1.165, 1.54) is 5.56 Å². The van der Waals surface area contributed by atoms with E-state index in [9.17, 15) is 4.79 Å². The number of hydrogen-bond acceptors (Lipinski definition) is 2. The molecule has 2 rings (SSSR count). The van der Waals surface area contributed by atoms with Gasteiger partial charge in [-0.2, -0.15) is 0 Å². The van der Waals surface area contributed by atoms with Gasteiger partial charge in [-0.3, -0.25) is 4.79 Å². The van der Waals surface area contributed by atoms with Crippen molar-refractivity contribution in [2.45, 2.75) is 39.3 Å². The summed E-state index contributed by atoms with van der Waals surface area (Å²) in [5, 5.41) is 0. The fraction of sp³-hybridized carbons (Fsp3) is 0.500. The van der Waals surface area contributed by atoms with Crippen LogP contribution in [0, 0.1) is 5.92 Å². The van der Waals surface area contributed by atoms with Crippen molar-refractivity contribution in [3.8, 4) is 0 Å². The molecule has 0 aromatic heterocycles. The Kier molecular flexibility index (Phi) is 3.20. The Labute approximate surface area is 103 Å². The molecule has 17 heavy (non-hydrogen) atoms. The molecule has 1 unspecified atom stereocenters. The first-order chi connectivity index (χ1) is 8.02. The molecule has 2 atom stereocenters. The Hall–Kier alpha value is -1.35. The molecule has 0 saturated heterocycles. The van der Waals surface area contributed by atoms with Gasteiger partial charge in [-0.1, -0.05) is 32.0 Å². The lowest BCUT2D eigenvalue weighted by molar-refractivity contribution is -0.121. The van der Waals surface area contributed by atoms with E-state index in [1.807, 2.05) is 36.9 Å². The fourth-order valence-corrected chi connectivity index (χ4v) is 2.35. The van der Waals surface area contributed by atoms with Crippen molar-refractivity contribution in [2.24, 2.45) is 11.7 Å². The lowest BCUT2D eigenvalue weighted by Crippen LogP contribution is -2.48. The predicted octanol–water partition coefficient (Wildman–Crippen LogP) is 1.95. The van der Waals surface area contributed by atoms with Gasteiger partial charge in [0.1, 0.15) is 0 Å². The Morgan fingerprint density at radius 2 is 2.06 bits per heavy atom. The Balaban J connectivity index is 2.30.